The van der Waals surface area contributed by atoms with Gasteiger partial charge in [0.05, 0.1) is 0 Å². The van der Waals surface area contributed by atoms with Crippen LogP contribution in [0.1, 0.15) is 93.0 Å². The maximum absolute atomic E-state index is 4.00. The van der Waals surface area contributed by atoms with Crippen molar-refractivity contribution in [1.29, 1.82) is 0 Å². The van der Waals surface area contributed by atoms with Crippen LogP contribution < -0.4 is 0 Å². The summed E-state index contributed by atoms with van der Waals surface area (Å²) < 4.78 is 0. The molecular formula is C36H44. The van der Waals surface area contributed by atoms with Crippen molar-refractivity contribution >= 4 is 6.08 Å². The first kappa shape index (κ1) is 34.2. The number of benzene rings is 3. The van der Waals surface area contributed by atoms with Gasteiger partial charge < -0.3 is 0 Å². The largest absolute Gasteiger partial charge is 0.124 e. The van der Waals surface area contributed by atoms with E-state index >= 15 is 0 Å². The molecule has 3 aromatic rings. The summed E-state index contributed by atoms with van der Waals surface area (Å²) >= 11 is 0. The Bertz CT molecular complexity index is 1150. The lowest BCUT2D eigenvalue weighted by atomic mass is 9.99. The van der Waals surface area contributed by atoms with Crippen LogP contribution in [0, 0.1) is 57.3 Å². The highest BCUT2D eigenvalue weighted by atomic mass is 14.0. The van der Waals surface area contributed by atoms with Gasteiger partial charge in [-0.3, -0.25) is 0 Å². The monoisotopic (exact) mass is 476 g/mol. The first-order valence-corrected chi connectivity index (χ1v) is 12.2. The average molecular weight is 477 g/mol. The van der Waals surface area contributed by atoms with Crippen LogP contribution in [0.25, 0.3) is 6.08 Å². The summed E-state index contributed by atoms with van der Waals surface area (Å²) in [6, 6.07) is 20.8. The van der Waals surface area contributed by atoms with E-state index in [2.05, 4.69) is 138 Å². The zero-order valence-electron chi connectivity index (χ0n) is 22.8. The molecule has 3 rings (SSSR count). The normalized spacial score (nSPS) is 8.61. The van der Waals surface area contributed by atoms with Crippen molar-refractivity contribution in [2.45, 2.75) is 69.2 Å². The predicted octanol–water partition coefficient (Wildman–Crippen LogP) is 9.77. The molecule has 0 nitrogen and oxygen atoms in total. The van der Waals surface area contributed by atoms with Gasteiger partial charge in [0.2, 0.25) is 0 Å². The van der Waals surface area contributed by atoms with Crippen molar-refractivity contribution in [2.75, 3.05) is 0 Å². The van der Waals surface area contributed by atoms with Gasteiger partial charge in [-0.25, -0.2) is 0 Å². The Hall–Kier alpha value is -3.92. The lowest BCUT2D eigenvalue weighted by molar-refractivity contribution is 1.09. The number of aryl methyl sites for hydroxylation is 3. The second-order valence-corrected chi connectivity index (χ2v) is 7.68. The van der Waals surface area contributed by atoms with Crippen LogP contribution >= 0.6 is 0 Å². The van der Waals surface area contributed by atoms with Crippen molar-refractivity contribution in [3.8, 4) is 36.5 Å². The molecule has 3 aromatic carbocycles. The molecule has 188 valence electrons. The Labute approximate surface area is 222 Å². The molecule has 0 radical (unpaired) electrons. The summed E-state index contributed by atoms with van der Waals surface area (Å²) in [4.78, 5) is 0. The summed E-state index contributed by atoms with van der Waals surface area (Å²) in [5.41, 5.74) is 8.92. The summed E-state index contributed by atoms with van der Waals surface area (Å²) in [7, 11) is 0. The fourth-order valence-electron chi connectivity index (χ4n) is 3.02. The van der Waals surface area contributed by atoms with Crippen molar-refractivity contribution in [3.05, 3.63) is 111 Å². The molecule has 0 heterocycles. The molecule has 0 bridgehead atoms. The maximum atomic E-state index is 4.00. The van der Waals surface area contributed by atoms with Gasteiger partial charge in [-0.05, 0) is 80.8 Å². The smallest absolute Gasteiger partial charge is 0.0308 e. The van der Waals surface area contributed by atoms with Crippen LogP contribution in [-0.2, 0) is 0 Å². The third-order valence-electron chi connectivity index (χ3n) is 4.54. The minimum absolute atomic E-state index is 0. The van der Waals surface area contributed by atoms with Crippen molar-refractivity contribution in [3.63, 3.8) is 0 Å². The van der Waals surface area contributed by atoms with Crippen LogP contribution in [0.15, 0.2) is 66.7 Å². The Morgan fingerprint density at radius 2 is 1.06 bits per heavy atom. The minimum atomic E-state index is 0. The Morgan fingerprint density at radius 1 is 0.667 bits per heavy atom. The van der Waals surface area contributed by atoms with Gasteiger partial charge in [-0.2, -0.15) is 0 Å². The van der Waals surface area contributed by atoms with E-state index in [1.54, 1.807) is 0 Å². The molecule has 0 aromatic heterocycles. The summed E-state index contributed by atoms with van der Waals surface area (Å²) in [5.74, 6) is 13.1. The van der Waals surface area contributed by atoms with Gasteiger partial charge in [0, 0.05) is 22.3 Å². The zero-order chi connectivity index (χ0) is 26.6. The Balaban J connectivity index is 0. The topological polar surface area (TPSA) is 0 Å². The van der Waals surface area contributed by atoms with Gasteiger partial charge in [-0.1, -0.05) is 107 Å². The van der Waals surface area contributed by atoms with E-state index in [-0.39, 0.29) is 7.43 Å². The first-order chi connectivity index (χ1) is 17.0. The highest BCUT2D eigenvalue weighted by Crippen LogP contribution is 2.16. The summed E-state index contributed by atoms with van der Waals surface area (Å²) in [6.45, 7) is 16.6. The molecule has 0 atom stereocenters. The highest BCUT2D eigenvalue weighted by Gasteiger charge is 2.02. The van der Waals surface area contributed by atoms with Crippen LogP contribution in [0.5, 0.6) is 0 Å². The summed E-state index contributed by atoms with van der Waals surface area (Å²) in [5, 5.41) is 0. The average Bonchev–Trinajstić information content (AvgIpc) is 2.87. The van der Waals surface area contributed by atoms with Crippen molar-refractivity contribution < 1.29 is 0 Å². The first-order valence-electron chi connectivity index (χ1n) is 12.2. The third kappa shape index (κ3) is 12.5. The zero-order valence-corrected chi connectivity index (χ0v) is 22.8. The molecule has 0 aliphatic carbocycles. The van der Waals surface area contributed by atoms with Crippen LogP contribution in [0.4, 0.5) is 0 Å². The van der Waals surface area contributed by atoms with Gasteiger partial charge in [-0.15, -0.1) is 12.8 Å². The van der Waals surface area contributed by atoms with E-state index in [4.69, 9.17) is 0 Å². The van der Waals surface area contributed by atoms with E-state index in [9.17, 15) is 0 Å². The van der Waals surface area contributed by atoms with Crippen molar-refractivity contribution in [1.82, 2.24) is 0 Å². The molecular weight excluding hydrogens is 432 g/mol. The predicted molar refractivity (Wildman–Crippen MR) is 164 cm³/mol. The van der Waals surface area contributed by atoms with E-state index < -0.39 is 0 Å². The molecule has 0 saturated carbocycles. The van der Waals surface area contributed by atoms with Gasteiger partial charge in [0.25, 0.3) is 0 Å². The number of rotatable bonds is 1. The second kappa shape index (κ2) is 20.5. The molecule has 0 saturated heterocycles. The molecule has 0 aliphatic heterocycles. The SMILES string of the molecule is C.C#C.CC.CC=Cc1ccc(C#Cc2cc(C)c(C#Cc3ccc(C)cc3)c(C)c2)cc1.CCC. The number of terminal acetylenes is 1. The third-order valence-corrected chi connectivity index (χ3v) is 4.54. The lowest BCUT2D eigenvalue weighted by Gasteiger charge is -2.04. The standard InChI is InChI=1S/C28H24.C3H8.C2H6.C2H2.CH4/c1-5-6-24-11-13-26(14-12-24)15-16-27-19-22(3)28(23(4)20-27)18-17-25-9-7-21(2)8-10-25;1-3-2;2*1-2;/h5-14,19-20H,1-4H3;3H2,1-2H3;1-2H3;1-2H;1H4. The minimum Gasteiger partial charge on any atom is -0.124 e. The van der Waals surface area contributed by atoms with E-state index in [1.165, 1.54) is 17.5 Å². The van der Waals surface area contributed by atoms with Gasteiger partial charge >= 0.3 is 0 Å². The highest BCUT2D eigenvalue weighted by molar-refractivity contribution is 5.56. The quantitative estimate of drug-likeness (QED) is 0.307. The molecule has 0 aliphatic rings. The summed E-state index contributed by atoms with van der Waals surface area (Å²) in [6.07, 6.45) is 13.4. The van der Waals surface area contributed by atoms with E-state index in [0.717, 1.165) is 33.4 Å². The molecule has 36 heavy (non-hydrogen) atoms. The molecule has 0 amide bonds. The second-order valence-electron chi connectivity index (χ2n) is 7.68. The van der Waals surface area contributed by atoms with Crippen LogP contribution in [0.2, 0.25) is 0 Å². The van der Waals surface area contributed by atoms with Gasteiger partial charge in [0.1, 0.15) is 0 Å². The van der Waals surface area contributed by atoms with Gasteiger partial charge in [0.15, 0.2) is 0 Å². The fraction of sp³-hybridized carbons (Fsp3) is 0.278. The molecule has 0 fully saturated rings. The van der Waals surface area contributed by atoms with E-state index in [1.807, 2.05) is 26.8 Å². The van der Waals surface area contributed by atoms with Crippen molar-refractivity contribution in [2.24, 2.45) is 0 Å². The number of hydrogen-bond acceptors (Lipinski definition) is 0. The van der Waals surface area contributed by atoms with Crippen LogP contribution in [0.3, 0.4) is 0 Å². The maximum Gasteiger partial charge on any atom is 0.0308 e. The number of hydrogen-bond donors (Lipinski definition) is 0. The lowest BCUT2D eigenvalue weighted by Crippen LogP contribution is -1.90. The fourth-order valence-corrected chi connectivity index (χ4v) is 3.02. The Morgan fingerprint density at radius 3 is 1.50 bits per heavy atom. The molecule has 0 spiro atoms. The van der Waals surface area contributed by atoms with E-state index in [0.29, 0.717) is 0 Å². The Kier molecular flexibility index (Phi) is 19.5. The molecule has 0 unspecified atom stereocenters. The molecule has 0 heteroatoms. The molecule has 0 N–H and O–H groups in total. The van der Waals surface area contributed by atoms with Crippen LogP contribution in [-0.4, -0.2) is 0 Å². The number of allylic oxidation sites excluding steroid dienone is 1.